The third kappa shape index (κ3) is 41.8. The van der Waals surface area contributed by atoms with Crippen molar-refractivity contribution in [1.82, 2.24) is 5.32 Å². The highest BCUT2D eigenvalue weighted by molar-refractivity contribution is 5.77. The molecule has 0 saturated carbocycles. The van der Waals surface area contributed by atoms with E-state index < -0.39 is 18.2 Å². The molecule has 3 N–H and O–H groups in total. The number of aliphatic hydroxyl groups excluding tert-OH is 2. The van der Waals surface area contributed by atoms with Crippen molar-refractivity contribution >= 4 is 11.9 Å². The Hall–Kier alpha value is -2.70. The van der Waals surface area contributed by atoms with Crippen molar-refractivity contribution in [2.75, 3.05) is 6.61 Å². The Balaban J connectivity index is 4.69. The molecule has 0 aromatic heterocycles. The molecule has 0 fully saturated rings. The van der Waals surface area contributed by atoms with Crippen LogP contribution in [0.15, 0.2) is 72.9 Å². The maximum atomic E-state index is 13.2. The normalized spacial score (nSPS) is 13.9. The number of hydrogen-bond acceptors (Lipinski definition) is 5. The summed E-state index contributed by atoms with van der Waals surface area (Å²) < 4.78 is 5.89. The van der Waals surface area contributed by atoms with Gasteiger partial charge in [-0.05, 0) is 83.5 Å². The molecule has 0 saturated heterocycles. The molecule has 6 heteroatoms. The van der Waals surface area contributed by atoms with Crippen LogP contribution in [-0.2, 0) is 14.3 Å². The number of unbranched alkanes of at least 4 members (excludes halogenated alkanes) is 19. The van der Waals surface area contributed by atoms with Crippen LogP contribution in [0.2, 0.25) is 0 Å². The van der Waals surface area contributed by atoms with Crippen LogP contribution in [0.1, 0.15) is 226 Å². The molecule has 3 atom stereocenters. The van der Waals surface area contributed by atoms with Crippen LogP contribution >= 0.6 is 0 Å². The number of carbonyl (C=O) groups is 2. The summed E-state index contributed by atoms with van der Waals surface area (Å²) >= 11 is 0. The van der Waals surface area contributed by atoms with Crippen molar-refractivity contribution in [2.45, 2.75) is 244 Å². The number of carbonyl (C=O) groups excluding carboxylic acids is 2. The van der Waals surface area contributed by atoms with E-state index >= 15 is 0 Å². The Bertz CT molecular complexity index is 1110. The zero-order chi connectivity index (χ0) is 43.1. The van der Waals surface area contributed by atoms with E-state index in [1.165, 1.54) is 83.5 Å². The van der Waals surface area contributed by atoms with Gasteiger partial charge in [-0.25, -0.2) is 0 Å². The average molecular weight is 824 g/mol. The molecule has 0 aromatic rings. The minimum absolute atomic E-state index is 0.0341. The van der Waals surface area contributed by atoms with E-state index in [2.05, 4.69) is 99.0 Å². The Kier molecular flexibility index (Phi) is 44.2. The van der Waals surface area contributed by atoms with E-state index in [9.17, 15) is 19.8 Å². The van der Waals surface area contributed by atoms with E-state index in [-0.39, 0.29) is 24.9 Å². The van der Waals surface area contributed by atoms with Gasteiger partial charge >= 0.3 is 5.97 Å². The van der Waals surface area contributed by atoms with Crippen LogP contribution in [0.5, 0.6) is 0 Å². The lowest BCUT2D eigenvalue weighted by molar-refractivity contribution is -0.151. The molecule has 0 radical (unpaired) electrons. The first-order valence-corrected chi connectivity index (χ1v) is 24.7. The first-order chi connectivity index (χ1) is 29.0. The number of hydrogen-bond donors (Lipinski definition) is 3. The maximum absolute atomic E-state index is 13.2. The molecule has 1 amide bonds. The molecule has 0 spiro atoms. The van der Waals surface area contributed by atoms with Gasteiger partial charge in [-0.1, -0.05) is 203 Å². The van der Waals surface area contributed by atoms with Gasteiger partial charge in [0, 0.05) is 6.42 Å². The number of amides is 1. The number of esters is 1. The second kappa shape index (κ2) is 46.4. The van der Waals surface area contributed by atoms with Gasteiger partial charge in [-0.15, -0.1) is 0 Å². The monoisotopic (exact) mass is 824 g/mol. The number of rotatable bonds is 43. The summed E-state index contributed by atoms with van der Waals surface area (Å²) in [5.74, 6) is -0.541. The lowest BCUT2D eigenvalue weighted by Gasteiger charge is -2.24. The first-order valence-electron chi connectivity index (χ1n) is 24.7. The second-order valence-corrected chi connectivity index (χ2v) is 16.4. The summed E-state index contributed by atoms with van der Waals surface area (Å²) in [5, 5.41) is 23.7. The predicted molar refractivity (Wildman–Crippen MR) is 255 cm³/mol. The summed E-state index contributed by atoms with van der Waals surface area (Å²) in [7, 11) is 0. The molecule has 6 nitrogen and oxygen atoms in total. The predicted octanol–water partition coefficient (Wildman–Crippen LogP) is 14.6. The van der Waals surface area contributed by atoms with Gasteiger partial charge in [0.15, 0.2) is 0 Å². The molecule has 0 bridgehead atoms. The number of allylic oxidation sites excluding steroid dienone is 12. The molecule has 0 aliphatic heterocycles. The van der Waals surface area contributed by atoms with Crippen molar-refractivity contribution in [3.05, 3.63) is 72.9 Å². The molecule has 0 rings (SSSR count). The fourth-order valence-corrected chi connectivity index (χ4v) is 7.11. The topological polar surface area (TPSA) is 95.9 Å². The van der Waals surface area contributed by atoms with Crippen LogP contribution < -0.4 is 5.32 Å². The minimum atomic E-state index is -0.805. The van der Waals surface area contributed by atoms with Gasteiger partial charge in [0.1, 0.15) is 6.10 Å². The highest BCUT2D eigenvalue weighted by Crippen LogP contribution is 2.17. The molecule has 0 aliphatic carbocycles. The van der Waals surface area contributed by atoms with Crippen molar-refractivity contribution < 1.29 is 24.5 Å². The van der Waals surface area contributed by atoms with Gasteiger partial charge < -0.3 is 20.3 Å². The van der Waals surface area contributed by atoms with Crippen molar-refractivity contribution in [3.63, 3.8) is 0 Å². The highest BCUT2D eigenvalue weighted by Gasteiger charge is 2.24. The lowest BCUT2D eigenvalue weighted by Crippen LogP contribution is -2.46. The molecular weight excluding hydrogens is 731 g/mol. The zero-order valence-corrected chi connectivity index (χ0v) is 38.6. The molecular formula is C53H93NO5. The average Bonchev–Trinajstić information content (AvgIpc) is 3.23. The number of ether oxygens (including phenoxy) is 1. The van der Waals surface area contributed by atoms with Gasteiger partial charge in [-0.2, -0.15) is 0 Å². The summed E-state index contributed by atoms with van der Waals surface area (Å²) in [5.41, 5.74) is 0. The van der Waals surface area contributed by atoms with E-state index in [0.717, 1.165) is 96.3 Å². The first kappa shape index (κ1) is 56.3. The molecule has 340 valence electrons. The van der Waals surface area contributed by atoms with Crippen molar-refractivity contribution in [3.8, 4) is 0 Å². The Morgan fingerprint density at radius 3 is 1.42 bits per heavy atom. The highest BCUT2D eigenvalue weighted by atomic mass is 16.5. The third-order valence-corrected chi connectivity index (χ3v) is 10.8. The minimum Gasteiger partial charge on any atom is -0.462 e. The largest absolute Gasteiger partial charge is 0.462 e. The molecule has 0 aliphatic rings. The quantitative estimate of drug-likeness (QED) is 0.0323. The SMILES string of the molecule is CC/C=C/C/C=C/C/C=C/C/C=C/CCCC(CC(=O)NC(CO)C(O)CCCCCCCCCCCCCC)OC(=O)CCCCCCCCC/C=C/C/C=C/CC. The fourth-order valence-electron chi connectivity index (χ4n) is 7.11. The van der Waals surface area contributed by atoms with Crippen molar-refractivity contribution in [1.29, 1.82) is 0 Å². The third-order valence-electron chi connectivity index (χ3n) is 10.8. The van der Waals surface area contributed by atoms with E-state index in [1.54, 1.807) is 0 Å². The zero-order valence-electron chi connectivity index (χ0n) is 38.6. The summed E-state index contributed by atoms with van der Waals surface area (Å²) in [6.07, 6.45) is 58.2. The van der Waals surface area contributed by atoms with Crippen LogP contribution in [0.4, 0.5) is 0 Å². The Morgan fingerprint density at radius 1 is 0.508 bits per heavy atom. The van der Waals surface area contributed by atoms with Gasteiger partial charge in [0.25, 0.3) is 0 Å². The molecule has 0 aromatic carbocycles. The van der Waals surface area contributed by atoms with E-state index in [4.69, 9.17) is 4.74 Å². The second-order valence-electron chi connectivity index (χ2n) is 16.4. The number of nitrogens with one attached hydrogen (secondary N) is 1. The number of aliphatic hydroxyl groups is 2. The Morgan fingerprint density at radius 2 is 0.932 bits per heavy atom. The van der Waals surface area contributed by atoms with Gasteiger partial charge in [0.2, 0.25) is 5.91 Å². The van der Waals surface area contributed by atoms with E-state index in [0.29, 0.717) is 19.3 Å². The van der Waals surface area contributed by atoms with Crippen molar-refractivity contribution in [2.24, 2.45) is 0 Å². The van der Waals surface area contributed by atoms with Gasteiger partial charge in [-0.3, -0.25) is 9.59 Å². The van der Waals surface area contributed by atoms with Crippen LogP contribution in [-0.4, -0.2) is 46.9 Å². The van der Waals surface area contributed by atoms with Crippen LogP contribution in [0.25, 0.3) is 0 Å². The smallest absolute Gasteiger partial charge is 0.306 e. The van der Waals surface area contributed by atoms with Crippen LogP contribution in [0, 0.1) is 0 Å². The summed E-state index contributed by atoms with van der Waals surface area (Å²) in [6.45, 7) is 6.23. The fraction of sp³-hybridized carbons (Fsp3) is 0.736. The summed E-state index contributed by atoms with van der Waals surface area (Å²) in [6, 6.07) is -0.722. The van der Waals surface area contributed by atoms with Crippen LogP contribution in [0.3, 0.4) is 0 Å². The maximum Gasteiger partial charge on any atom is 0.306 e. The molecule has 59 heavy (non-hydrogen) atoms. The standard InChI is InChI=1S/C53H93NO5/c1-4-7-10-13-16-19-22-25-27-29-32-35-38-41-44-49(59-53(58)46-43-40-37-34-31-28-26-23-20-17-14-11-8-5-2)47-52(57)54-50(48-55)51(56)45-42-39-36-33-30-24-21-18-15-12-9-6-3/h7-8,10-11,16-17,19-20,25,27,32,35,49-51,55-56H,4-6,9,12-15,18,21-24,26,28-31,33-34,36-48H2,1-3H3,(H,54,57)/b10-7+,11-8+,19-16+,20-17+,27-25+,35-32+. The van der Waals surface area contributed by atoms with Gasteiger partial charge in [0.05, 0.1) is 25.2 Å². The molecule has 3 unspecified atom stereocenters. The summed E-state index contributed by atoms with van der Waals surface area (Å²) in [4.78, 5) is 26.1. The van der Waals surface area contributed by atoms with E-state index in [1.807, 2.05) is 0 Å². The Labute approximate surface area is 364 Å². The molecule has 0 heterocycles. The lowest BCUT2D eigenvalue weighted by atomic mass is 10.0.